The molecule has 0 spiro atoms. The number of ketones is 2. The molecular weight excluding hydrogens is 873 g/mol. The molecule has 1 aliphatic carbocycles. The third kappa shape index (κ3) is 15.0. The molecule has 4 rings (SSSR count). The maximum absolute atomic E-state index is 14.1. The Bertz CT molecular complexity index is 2030. The Morgan fingerprint density at radius 3 is 1.88 bits per heavy atom. The summed E-state index contributed by atoms with van der Waals surface area (Å²) >= 11 is 0. The van der Waals surface area contributed by atoms with E-state index in [0.29, 0.717) is 38.2 Å². The first-order valence-electron chi connectivity index (χ1n) is 22.9. The van der Waals surface area contributed by atoms with Gasteiger partial charge in [-0.05, 0) is 70.8 Å². The molecule has 67 heavy (non-hydrogen) atoms. The third-order valence-corrected chi connectivity index (χ3v) is 11.6. The number of morpholine rings is 1. The summed E-state index contributed by atoms with van der Waals surface area (Å²) < 4.78 is 17.5. The first-order chi connectivity index (χ1) is 31.7. The molecule has 1 fully saturated rings. The van der Waals surface area contributed by atoms with E-state index in [1.165, 1.54) is 11.0 Å². The summed E-state index contributed by atoms with van der Waals surface area (Å²) in [5.41, 5.74) is 10.7. The van der Waals surface area contributed by atoms with Gasteiger partial charge in [0.1, 0.15) is 47.7 Å². The van der Waals surface area contributed by atoms with Gasteiger partial charge in [0.25, 0.3) is 0 Å². The number of ether oxygens (including phenoxy) is 3. The van der Waals surface area contributed by atoms with Crippen LogP contribution in [-0.2, 0) is 47.8 Å². The van der Waals surface area contributed by atoms with Gasteiger partial charge in [-0.3, -0.25) is 33.6 Å². The summed E-state index contributed by atoms with van der Waals surface area (Å²) in [4.78, 5) is 122. The largest absolute Gasteiger partial charge is 0.483 e. The lowest BCUT2D eigenvalue weighted by Gasteiger charge is -2.41. The number of urea groups is 1. The molecule has 3 aliphatic rings. The summed E-state index contributed by atoms with van der Waals surface area (Å²) in [6, 6.07) is -0.676. The van der Waals surface area contributed by atoms with Crippen LogP contribution in [0.15, 0.2) is 29.8 Å². The summed E-state index contributed by atoms with van der Waals surface area (Å²) in [6.45, 7) is 11.3. The lowest BCUT2D eigenvalue weighted by molar-refractivity contribution is -0.167. The standard InChI is InChI=1S/C46H68N8O13/c1-25(2)21-32(51-40(59)30(13-9-10-16-47)49-43(62)34(24-55)53-45(64)54-17-19-65-20-18-54)42(61)50-31(14-15-36(48)56)41(60)52-33(22-26(3)4)44(63)66-35-23-29-38(58)37(57)27-11-7-8-12-28(27)39(29)67-46(35,5)6/h7-8,11-12,25-26,30-35,55H,9-10,13-24,47H2,1-6H3,(H2,48,56)(H,49,62)(H,50,61)(H,51,59)(H,52,60)(H,53,64). The number of carbonyl (C=O) groups is 9. The fourth-order valence-electron chi connectivity index (χ4n) is 7.87. The van der Waals surface area contributed by atoms with Crippen molar-refractivity contribution in [3.63, 3.8) is 0 Å². The fraction of sp³-hybridized carbons (Fsp3) is 0.630. The molecule has 370 valence electrons. The van der Waals surface area contributed by atoms with Crippen LogP contribution in [0.2, 0.25) is 0 Å². The highest BCUT2D eigenvalue weighted by Gasteiger charge is 2.47. The second-order valence-corrected chi connectivity index (χ2v) is 18.4. The number of amides is 7. The van der Waals surface area contributed by atoms with Crippen LogP contribution in [0.25, 0.3) is 5.76 Å². The van der Waals surface area contributed by atoms with Gasteiger partial charge >= 0.3 is 12.0 Å². The summed E-state index contributed by atoms with van der Waals surface area (Å²) in [6.07, 6.45) is -0.712. The van der Waals surface area contributed by atoms with E-state index in [-0.39, 0.29) is 80.3 Å². The summed E-state index contributed by atoms with van der Waals surface area (Å²) in [5.74, 6) is -6.54. The zero-order chi connectivity index (χ0) is 49.6. The number of primary amides is 1. The number of benzene rings is 1. The van der Waals surface area contributed by atoms with Crippen LogP contribution in [0, 0.1) is 11.8 Å². The highest BCUT2D eigenvalue weighted by molar-refractivity contribution is 6.52. The average molecular weight is 941 g/mol. The second kappa shape index (κ2) is 24.7. The quantitative estimate of drug-likeness (QED) is 0.0410. The minimum atomic E-state index is -1.44. The van der Waals surface area contributed by atoms with Crippen LogP contribution >= 0.6 is 0 Å². The molecule has 0 bridgehead atoms. The third-order valence-electron chi connectivity index (χ3n) is 11.6. The van der Waals surface area contributed by atoms with Crippen LogP contribution in [-0.4, -0.2) is 144 Å². The Kier molecular flexibility index (Phi) is 19.8. The molecule has 0 saturated carbocycles. The van der Waals surface area contributed by atoms with E-state index in [4.69, 9.17) is 25.7 Å². The normalized spacial score (nSPS) is 18.8. The van der Waals surface area contributed by atoms with E-state index in [2.05, 4.69) is 26.6 Å². The monoisotopic (exact) mass is 940 g/mol. The van der Waals surface area contributed by atoms with Gasteiger partial charge in [-0.25, -0.2) is 9.59 Å². The van der Waals surface area contributed by atoms with Gasteiger partial charge in [0, 0.05) is 37.1 Å². The molecule has 21 heteroatoms. The number of esters is 1. The number of nitrogens with one attached hydrogen (secondary N) is 5. The number of nitrogens with zero attached hydrogens (tertiary/aromatic N) is 1. The maximum atomic E-state index is 14.1. The smallest absolute Gasteiger partial charge is 0.329 e. The molecule has 6 unspecified atom stereocenters. The topological polar surface area (TPSA) is 317 Å². The molecule has 1 saturated heterocycles. The Morgan fingerprint density at radius 1 is 0.761 bits per heavy atom. The Labute approximate surface area is 390 Å². The number of rotatable bonds is 23. The molecule has 2 heterocycles. The predicted octanol–water partition coefficient (Wildman–Crippen LogP) is 0.102. The number of hydrogen-bond donors (Lipinski definition) is 8. The van der Waals surface area contributed by atoms with Gasteiger partial charge in [-0.1, -0.05) is 52.0 Å². The number of nitrogens with two attached hydrogens (primary N) is 2. The van der Waals surface area contributed by atoms with E-state index in [9.17, 15) is 48.3 Å². The molecule has 10 N–H and O–H groups in total. The van der Waals surface area contributed by atoms with Crippen molar-refractivity contribution in [2.75, 3.05) is 39.5 Å². The predicted molar refractivity (Wildman–Crippen MR) is 242 cm³/mol. The van der Waals surface area contributed by atoms with Gasteiger partial charge in [0.2, 0.25) is 41.1 Å². The molecular formula is C46H68N8O13. The molecule has 7 amide bonds. The van der Waals surface area contributed by atoms with Crippen molar-refractivity contribution in [2.24, 2.45) is 23.3 Å². The van der Waals surface area contributed by atoms with Crippen molar-refractivity contribution >= 4 is 58.9 Å². The first kappa shape index (κ1) is 53.7. The molecule has 1 aromatic carbocycles. The van der Waals surface area contributed by atoms with Crippen LogP contribution in [0.5, 0.6) is 0 Å². The van der Waals surface area contributed by atoms with E-state index in [1.807, 2.05) is 13.8 Å². The molecule has 0 aromatic heterocycles. The molecule has 6 atom stereocenters. The lowest BCUT2D eigenvalue weighted by atomic mass is 9.81. The Morgan fingerprint density at radius 2 is 1.30 bits per heavy atom. The molecule has 2 aliphatic heterocycles. The Balaban J connectivity index is 1.51. The number of Topliss-reactive ketones (excluding diaryl/α,β-unsaturated/α-hetero) is 2. The maximum Gasteiger partial charge on any atom is 0.329 e. The SMILES string of the molecule is CC(C)CC(NC(=O)C(CCCCN)NC(=O)C(CO)NC(=O)N1CCOCC1)C(=O)NC(CCC(N)=O)C(=O)NC(CC(C)C)C(=O)OC1CC2=C(OC1(C)C)c1ccccc1C(=O)C2=O. The van der Waals surface area contributed by atoms with E-state index < -0.39 is 102 Å². The summed E-state index contributed by atoms with van der Waals surface area (Å²) in [7, 11) is 0. The minimum absolute atomic E-state index is 0.0640. The van der Waals surface area contributed by atoms with E-state index in [0.717, 1.165) is 0 Å². The van der Waals surface area contributed by atoms with Crippen molar-refractivity contribution in [3.8, 4) is 0 Å². The number of unbranched alkanes of at least 4 members (excludes halogenated alkanes) is 1. The van der Waals surface area contributed by atoms with E-state index in [1.54, 1.807) is 45.9 Å². The minimum Gasteiger partial charge on any atom is -0.483 e. The number of hydrogen-bond acceptors (Lipinski definition) is 14. The van der Waals surface area contributed by atoms with Crippen molar-refractivity contribution in [1.29, 1.82) is 0 Å². The zero-order valence-corrected chi connectivity index (χ0v) is 39.3. The van der Waals surface area contributed by atoms with Crippen LogP contribution in [0.3, 0.4) is 0 Å². The first-order valence-corrected chi connectivity index (χ1v) is 22.9. The van der Waals surface area contributed by atoms with Gasteiger partial charge < -0.3 is 62.3 Å². The molecule has 1 aromatic rings. The van der Waals surface area contributed by atoms with Crippen molar-refractivity contribution in [2.45, 2.75) is 135 Å². The van der Waals surface area contributed by atoms with Crippen LogP contribution < -0.4 is 38.1 Å². The van der Waals surface area contributed by atoms with Gasteiger partial charge in [-0.2, -0.15) is 0 Å². The number of aliphatic hydroxyl groups excluding tert-OH is 1. The van der Waals surface area contributed by atoms with Crippen LogP contribution in [0.1, 0.15) is 109 Å². The Hall–Kier alpha value is -5.93. The van der Waals surface area contributed by atoms with E-state index >= 15 is 0 Å². The van der Waals surface area contributed by atoms with Gasteiger partial charge in [-0.15, -0.1) is 0 Å². The van der Waals surface area contributed by atoms with Crippen LogP contribution in [0.4, 0.5) is 4.79 Å². The average Bonchev–Trinajstić information content (AvgIpc) is 3.27. The van der Waals surface area contributed by atoms with Crippen molar-refractivity contribution in [1.82, 2.24) is 31.5 Å². The number of carbonyl (C=O) groups excluding carboxylic acids is 9. The van der Waals surface area contributed by atoms with Gasteiger partial charge in [0.15, 0.2) is 0 Å². The second-order valence-electron chi connectivity index (χ2n) is 18.4. The summed E-state index contributed by atoms with van der Waals surface area (Å²) in [5, 5.41) is 23.1. The van der Waals surface area contributed by atoms with Gasteiger partial charge in [0.05, 0.1) is 25.4 Å². The highest BCUT2D eigenvalue weighted by Crippen LogP contribution is 2.42. The number of aliphatic hydroxyl groups is 1. The molecule has 0 radical (unpaired) electrons. The van der Waals surface area contributed by atoms with Crippen molar-refractivity contribution < 1.29 is 62.5 Å². The fourth-order valence-corrected chi connectivity index (χ4v) is 7.87. The highest BCUT2D eigenvalue weighted by atomic mass is 16.6. The zero-order valence-electron chi connectivity index (χ0n) is 39.3. The number of fused-ring (bicyclic) bond motifs is 2. The van der Waals surface area contributed by atoms with Crippen molar-refractivity contribution in [3.05, 3.63) is 41.0 Å². The lowest BCUT2D eigenvalue weighted by Crippen LogP contribution is -2.60. The molecule has 21 nitrogen and oxygen atoms in total.